The lowest BCUT2D eigenvalue weighted by Crippen LogP contribution is -2.42. The van der Waals surface area contributed by atoms with Crippen LogP contribution in [-0.2, 0) is 4.79 Å². The van der Waals surface area contributed by atoms with E-state index in [0.29, 0.717) is 6.42 Å². The van der Waals surface area contributed by atoms with E-state index in [0.717, 1.165) is 25.8 Å². The third-order valence-corrected chi connectivity index (χ3v) is 3.46. The zero-order valence-corrected chi connectivity index (χ0v) is 10.6. The molecule has 0 heterocycles. The van der Waals surface area contributed by atoms with Gasteiger partial charge in [-0.1, -0.05) is 39.0 Å². The van der Waals surface area contributed by atoms with Crippen molar-refractivity contribution in [3.63, 3.8) is 0 Å². The minimum atomic E-state index is -0.201. The second-order valence-corrected chi connectivity index (χ2v) is 5.16. The molecular weight excluding hydrogens is 200 g/mol. The van der Waals surface area contributed by atoms with E-state index < -0.39 is 0 Å². The summed E-state index contributed by atoms with van der Waals surface area (Å²) in [4.78, 5) is 11.6. The van der Waals surface area contributed by atoms with Gasteiger partial charge in [0.2, 0.25) is 5.91 Å². The molecule has 0 bridgehead atoms. The molecule has 0 aromatic heterocycles. The fourth-order valence-corrected chi connectivity index (χ4v) is 2.42. The number of nitrogens with two attached hydrogens (primary N) is 1. The molecule has 94 valence electrons. The van der Waals surface area contributed by atoms with Crippen molar-refractivity contribution >= 4 is 5.91 Å². The van der Waals surface area contributed by atoms with Gasteiger partial charge in [-0.15, -0.1) is 0 Å². The number of amides is 1. The molecule has 0 saturated heterocycles. The molecule has 1 amide bonds. The lowest BCUT2D eigenvalue weighted by molar-refractivity contribution is -0.122. The molecule has 0 aromatic rings. The summed E-state index contributed by atoms with van der Waals surface area (Å²) in [5.74, 6) is 0.140. The van der Waals surface area contributed by atoms with Crippen LogP contribution in [0.2, 0.25) is 0 Å². The molecule has 1 fully saturated rings. The predicted octanol–water partition coefficient (Wildman–Crippen LogP) is 2.34. The van der Waals surface area contributed by atoms with E-state index >= 15 is 0 Å². The first-order valence-corrected chi connectivity index (χ1v) is 6.72. The fourth-order valence-electron chi connectivity index (χ4n) is 2.42. The zero-order valence-electron chi connectivity index (χ0n) is 10.6. The topological polar surface area (TPSA) is 55.1 Å². The molecule has 1 saturated carbocycles. The standard InChI is InChI=1S/C13H26N2O/c1-2-3-4-7-10-15-12(16)11-13(14)8-5-6-9-13/h2-11,14H2,1H3,(H,15,16). The Hall–Kier alpha value is -0.570. The number of hydrogen-bond acceptors (Lipinski definition) is 2. The summed E-state index contributed by atoms with van der Waals surface area (Å²) in [6.07, 6.45) is 9.70. The van der Waals surface area contributed by atoms with E-state index in [2.05, 4.69) is 12.2 Å². The van der Waals surface area contributed by atoms with Crippen molar-refractivity contribution in [1.29, 1.82) is 0 Å². The van der Waals surface area contributed by atoms with Gasteiger partial charge in [-0.25, -0.2) is 0 Å². The number of nitrogens with one attached hydrogen (secondary N) is 1. The molecule has 0 unspecified atom stereocenters. The predicted molar refractivity (Wildman–Crippen MR) is 67.2 cm³/mol. The molecular formula is C13H26N2O. The largest absolute Gasteiger partial charge is 0.356 e. The van der Waals surface area contributed by atoms with Gasteiger partial charge in [0, 0.05) is 18.5 Å². The summed E-state index contributed by atoms with van der Waals surface area (Å²) in [6, 6.07) is 0. The molecule has 0 atom stereocenters. The third-order valence-electron chi connectivity index (χ3n) is 3.46. The fraction of sp³-hybridized carbons (Fsp3) is 0.923. The van der Waals surface area contributed by atoms with Crippen LogP contribution in [0.5, 0.6) is 0 Å². The number of carbonyl (C=O) groups excluding carboxylic acids is 1. The summed E-state index contributed by atoms with van der Waals surface area (Å²) >= 11 is 0. The van der Waals surface area contributed by atoms with Gasteiger partial charge >= 0.3 is 0 Å². The smallest absolute Gasteiger partial charge is 0.221 e. The van der Waals surface area contributed by atoms with E-state index in [-0.39, 0.29) is 11.4 Å². The molecule has 0 radical (unpaired) electrons. The molecule has 3 N–H and O–H groups in total. The summed E-state index contributed by atoms with van der Waals surface area (Å²) in [7, 11) is 0. The van der Waals surface area contributed by atoms with Gasteiger partial charge in [-0.2, -0.15) is 0 Å². The molecule has 1 rings (SSSR count). The monoisotopic (exact) mass is 226 g/mol. The molecule has 0 aliphatic heterocycles. The van der Waals surface area contributed by atoms with E-state index in [9.17, 15) is 4.79 Å². The Bertz CT molecular complexity index is 210. The Morgan fingerprint density at radius 3 is 2.56 bits per heavy atom. The Morgan fingerprint density at radius 1 is 1.25 bits per heavy atom. The molecule has 16 heavy (non-hydrogen) atoms. The van der Waals surface area contributed by atoms with Crippen molar-refractivity contribution in [3.05, 3.63) is 0 Å². The van der Waals surface area contributed by atoms with Crippen LogP contribution in [0.15, 0.2) is 0 Å². The maximum atomic E-state index is 11.6. The normalized spacial score (nSPS) is 18.6. The van der Waals surface area contributed by atoms with Crippen LogP contribution in [0.3, 0.4) is 0 Å². The molecule has 1 aliphatic rings. The summed E-state index contributed by atoms with van der Waals surface area (Å²) in [5, 5.41) is 2.97. The summed E-state index contributed by atoms with van der Waals surface area (Å²) in [5.41, 5.74) is 5.95. The van der Waals surface area contributed by atoms with Crippen molar-refractivity contribution in [2.45, 2.75) is 70.3 Å². The first-order valence-electron chi connectivity index (χ1n) is 6.72. The first kappa shape index (κ1) is 13.5. The molecule has 0 spiro atoms. The van der Waals surface area contributed by atoms with Crippen LogP contribution in [0.25, 0.3) is 0 Å². The quantitative estimate of drug-likeness (QED) is 0.655. The summed E-state index contributed by atoms with van der Waals surface area (Å²) in [6.45, 7) is 3.01. The highest BCUT2D eigenvalue weighted by molar-refractivity contribution is 5.77. The average molecular weight is 226 g/mol. The SMILES string of the molecule is CCCCCCNC(=O)CC1(N)CCCC1. The van der Waals surface area contributed by atoms with Gasteiger partial charge in [0.05, 0.1) is 0 Å². The highest BCUT2D eigenvalue weighted by Crippen LogP contribution is 2.29. The number of rotatable bonds is 7. The highest BCUT2D eigenvalue weighted by atomic mass is 16.1. The van der Waals surface area contributed by atoms with Crippen molar-refractivity contribution in [2.24, 2.45) is 5.73 Å². The average Bonchev–Trinajstić information content (AvgIpc) is 2.64. The Morgan fingerprint density at radius 2 is 1.94 bits per heavy atom. The van der Waals surface area contributed by atoms with Crippen molar-refractivity contribution in [3.8, 4) is 0 Å². The number of carbonyl (C=O) groups is 1. The van der Waals surface area contributed by atoms with Crippen molar-refractivity contribution < 1.29 is 4.79 Å². The van der Waals surface area contributed by atoms with E-state index in [1.54, 1.807) is 0 Å². The van der Waals surface area contributed by atoms with E-state index in [4.69, 9.17) is 5.73 Å². The van der Waals surface area contributed by atoms with E-state index in [1.165, 1.54) is 32.1 Å². The number of hydrogen-bond donors (Lipinski definition) is 2. The van der Waals surface area contributed by atoms with Crippen LogP contribution in [0.4, 0.5) is 0 Å². The minimum absolute atomic E-state index is 0.140. The Balaban J connectivity index is 2.06. The van der Waals surface area contributed by atoms with Crippen LogP contribution in [-0.4, -0.2) is 18.0 Å². The molecule has 3 heteroatoms. The van der Waals surface area contributed by atoms with Gasteiger partial charge in [0.1, 0.15) is 0 Å². The lowest BCUT2D eigenvalue weighted by atomic mass is 9.94. The van der Waals surface area contributed by atoms with Crippen LogP contribution < -0.4 is 11.1 Å². The van der Waals surface area contributed by atoms with Gasteiger partial charge < -0.3 is 11.1 Å². The van der Waals surface area contributed by atoms with Crippen molar-refractivity contribution in [1.82, 2.24) is 5.32 Å². The highest BCUT2D eigenvalue weighted by Gasteiger charge is 2.31. The third kappa shape index (κ3) is 4.97. The van der Waals surface area contributed by atoms with Gasteiger partial charge in [0.15, 0.2) is 0 Å². The van der Waals surface area contributed by atoms with Crippen molar-refractivity contribution in [2.75, 3.05) is 6.54 Å². The summed E-state index contributed by atoms with van der Waals surface area (Å²) < 4.78 is 0. The maximum Gasteiger partial charge on any atom is 0.221 e. The molecule has 1 aliphatic carbocycles. The molecule has 3 nitrogen and oxygen atoms in total. The lowest BCUT2D eigenvalue weighted by Gasteiger charge is -2.22. The number of unbranched alkanes of at least 4 members (excludes halogenated alkanes) is 3. The van der Waals surface area contributed by atoms with Crippen LogP contribution in [0.1, 0.15) is 64.7 Å². The van der Waals surface area contributed by atoms with Crippen LogP contribution >= 0.6 is 0 Å². The van der Waals surface area contributed by atoms with Gasteiger partial charge in [-0.05, 0) is 19.3 Å². The second kappa shape index (κ2) is 6.89. The van der Waals surface area contributed by atoms with Gasteiger partial charge in [-0.3, -0.25) is 4.79 Å². The molecule has 0 aromatic carbocycles. The maximum absolute atomic E-state index is 11.6. The van der Waals surface area contributed by atoms with Crippen LogP contribution in [0, 0.1) is 0 Å². The van der Waals surface area contributed by atoms with Gasteiger partial charge in [0.25, 0.3) is 0 Å². The Kier molecular flexibility index (Phi) is 5.81. The Labute approximate surface area is 99.2 Å². The zero-order chi connectivity index (χ0) is 11.9. The van der Waals surface area contributed by atoms with E-state index in [1.807, 2.05) is 0 Å². The minimum Gasteiger partial charge on any atom is -0.356 e. The second-order valence-electron chi connectivity index (χ2n) is 5.16. The first-order chi connectivity index (χ1) is 7.66.